The lowest BCUT2D eigenvalue weighted by molar-refractivity contribution is -0.127. The lowest BCUT2D eigenvalue weighted by Crippen LogP contribution is -2.34. The highest BCUT2D eigenvalue weighted by Crippen LogP contribution is 2.11. The Labute approximate surface area is 120 Å². The number of hydrazine groups is 1. The summed E-state index contributed by atoms with van der Waals surface area (Å²) in [6, 6.07) is -0.852. The van der Waals surface area contributed by atoms with Gasteiger partial charge in [-0.2, -0.15) is 0 Å². The van der Waals surface area contributed by atoms with Crippen LogP contribution in [-0.4, -0.2) is 50.3 Å². The maximum absolute atomic E-state index is 12.0. The standard InChI is InChI=1S/C11H17N7O3/c1-2-3-7-10(20)18(11(21)13-7)5-4-17-6-8(15-16-17)9(19)14-12/h6-7H,2-5,12H2,1H3,(H,13,21)(H,14,19). The molecular formula is C11H17N7O3. The van der Waals surface area contributed by atoms with Gasteiger partial charge in [0.05, 0.1) is 19.3 Å². The number of nitrogens with one attached hydrogen (secondary N) is 2. The van der Waals surface area contributed by atoms with Crippen LogP contribution in [0.25, 0.3) is 0 Å². The topological polar surface area (TPSA) is 135 Å². The molecule has 4 N–H and O–H groups in total. The van der Waals surface area contributed by atoms with Crippen LogP contribution >= 0.6 is 0 Å². The fourth-order valence-corrected chi connectivity index (χ4v) is 2.06. The molecule has 1 fully saturated rings. The van der Waals surface area contributed by atoms with Gasteiger partial charge in [0, 0.05) is 0 Å². The van der Waals surface area contributed by atoms with Crippen LogP contribution in [0, 0.1) is 0 Å². The van der Waals surface area contributed by atoms with Gasteiger partial charge in [0.25, 0.3) is 11.8 Å². The molecule has 0 aromatic carbocycles. The lowest BCUT2D eigenvalue weighted by atomic mass is 10.2. The molecule has 1 aliphatic rings. The minimum absolute atomic E-state index is 0.0681. The first-order valence-corrected chi connectivity index (χ1v) is 6.59. The Morgan fingerprint density at radius 1 is 1.48 bits per heavy atom. The molecule has 1 saturated heterocycles. The fourth-order valence-electron chi connectivity index (χ4n) is 2.06. The third kappa shape index (κ3) is 3.16. The Balaban J connectivity index is 1.93. The molecular weight excluding hydrogens is 278 g/mol. The van der Waals surface area contributed by atoms with E-state index >= 15 is 0 Å². The van der Waals surface area contributed by atoms with Gasteiger partial charge in [0.1, 0.15) is 6.04 Å². The van der Waals surface area contributed by atoms with Gasteiger partial charge >= 0.3 is 6.03 Å². The number of hydrogen-bond donors (Lipinski definition) is 3. The van der Waals surface area contributed by atoms with Gasteiger partial charge in [-0.3, -0.25) is 19.9 Å². The zero-order valence-corrected chi connectivity index (χ0v) is 11.6. The number of nitrogens with two attached hydrogens (primary N) is 1. The Morgan fingerprint density at radius 3 is 2.90 bits per heavy atom. The van der Waals surface area contributed by atoms with Crippen LogP contribution in [-0.2, 0) is 11.3 Å². The summed E-state index contributed by atoms with van der Waals surface area (Å²) in [6.45, 7) is 2.36. The van der Waals surface area contributed by atoms with Crippen molar-refractivity contribution in [2.75, 3.05) is 6.54 Å². The van der Waals surface area contributed by atoms with Gasteiger partial charge in [-0.05, 0) is 6.42 Å². The van der Waals surface area contributed by atoms with Crippen LogP contribution < -0.4 is 16.6 Å². The predicted molar refractivity (Wildman–Crippen MR) is 70.6 cm³/mol. The molecule has 0 aliphatic carbocycles. The predicted octanol–water partition coefficient (Wildman–Crippen LogP) is -1.40. The van der Waals surface area contributed by atoms with Crippen LogP contribution in [0.1, 0.15) is 30.3 Å². The smallest absolute Gasteiger partial charge is 0.324 e. The molecule has 0 radical (unpaired) electrons. The molecule has 0 saturated carbocycles. The maximum Gasteiger partial charge on any atom is 0.324 e. The number of amides is 4. The number of carbonyl (C=O) groups is 3. The molecule has 1 aromatic rings. The Hall–Kier alpha value is -2.49. The second-order valence-electron chi connectivity index (χ2n) is 4.62. The summed E-state index contributed by atoms with van der Waals surface area (Å²) in [7, 11) is 0. The van der Waals surface area contributed by atoms with E-state index in [1.165, 1.54) is 10.9 Å². The first kappa shape index (κ1) is 14.9. The Morgan fingerprint density at radius 2 is 2.24 bits per heavy atom. The van der Waals surface area contributed by atoms with Crippen molar-refractivity contribution in [3.8, 4) is 0 Å². The third-order valence-electron chi connectivity index (χ3n) is 3.14. The van der Waals surface area contributed by atoms with E-state index in [0.717, 1.165) is 11.3 Å². The second-order valence-corrected chi connectivity index (χ2v) is 4.62. The lowest BCUT2D eigenvalue weighted by Gasteiger charge is -2.12. The minimum Gasteiger partial charge on any atom is -0.326 e. The Bertz CT molecular complexity index is 556. The van der Waals surface area contributed by atoms with Gasteiger partial charge in [0.15, 0.2) is 5.69 Å². The van der Waals surface area contributed by atoms with E-state index in [1.54, 1.807) is 0 Å². The van der Waals surface area contributed by atoms with Crippen molar-refractivity contribution in [1.82, 2.24) is 30.6 Å². The Kier molecular flexibility index (Phi) is 4.48. The summed E-state index contributed by atoms with van der Waals surface area (Å²) >= 11 is 0. The summed E-state index contributed by atoms with van der Waals surface area (Å²) in [4.78, 5) is 36.1. The molecule has 1 aromatic heterocycles. The third-order valence-corrected chi connectivity index (χ3v) is 3.14. The molecule has 4 amide bonds. The molecule has 1 atom stereocenters. The number of urea groups is 1. The normalized spacial score (nSPS) is 18.0. The van der Waals surface area contributed by atoms with Crippen molar-refractivity contribution in [3.05, 3.63) is 11.9 Å². The molecule has 2 heterocycles. The number of nitrogens with zero attached hydrogens (tertiary/aromatic N) is 4. The highest BCUT2D eigenvalue weighted by molar-refractivity contribution is 6.04. The van der Waals surface area contributed by atoms with Crippen LogP contribution in [0.5, 0.6) is 0 Å². The highest BCUT2D eigenvalue weighted by atomic mass is 16.2. The van der Waals surface area contributed by atoms with E-state index in [9.17, 15) is 14.4 Å². The van der Waals surface area contributed by atoms with Gasteiger partial charge in [-0.25, -0.2) is 15.3 Å². The summed E-state index contributed by atoms with van der Waals surface area (Å²) < 4.78 is 1.37. The number of nitrogen functional groups attached to an aromatic ring is 1. The monoisotopic (exact) mass is 295 g/mol. The van der Waals surface area contributed by atoms with Crippen molar-refractivity contribution >= 4 is 17.8 Å². The zero-order valence-electron chi connectivity index (χ0n) is 11.6. The van der Waals surface area contributed by atoms with E-state index in [1.807, 2.05) is 12.3 Å². The van der Waals surface area contributed by atoms with E-state index in [2.05, 4.69) is 15.6 Å². The summed E-state index contributed by atoms with van der Waals surface area (Å²) in [5, 5.41) is 10.00. The van der Waals surface area contributed by atoms with Gasteiger partial charge in [0.2, 0.25) is 0 Å². The van der Waals surface area contributed by atoms with Crippen molar-refractivity contribution in [2.45, 2.75) is 32.4 Å². The molecule has 10 nitrogen and oxygen atoms in total. The summed E-state index contributed by atoms with van der Waals surface area (Å²) in [6.07, 6.45) is 2.82. The van der Waals surface area contributed by atoms with Crippen LogP contribution in [0.2, 0.25) is 0 Å². The highest BCUT2D eigenvalue weighted by Gasteiger charge is 2.36. The van der Waals surface area contributed by atoms with Crippen LogP contribution in [0.3, 0.4) is 0 Å². The summed E-state index contributed by atoms with van der Waals surface area (Å²) in [5.74, 6) is 4.19. The first-order chi connectivity index (χ1) is 10.1. The molecule has 1 unspecified atom stereocenters. The van der Waals surface area contributed by atoms with Gasteiger partial charge < -0.3 is 5.32 Å². The second kappa shape index (κ2) is 6.31. The average Bonchev–Trinajstić information content (AvgIpc) is 3.03. The summed E-state index contributed by atoms with van der Waals surface area (Å²) in [5.41, 5.74) is 2.01. The van der Waals surface area contributed by atoms with E-state index < -0.39 is 18.0 Å². The molecule has 2 rings (SSSR count). The molecule has 114 valence electrons. The van der Waals surface area contributed by atoms with E-state index in [4.69, 9.17) is 5.84 Å². The number of imide groups is 1. The zero-order chi connectivity index (χ0) is 15.4. The van der Waals surface area contributed by atoms with Crippen molar-refractivity contribution in [3.63, 3.8) is 0 Å². The fraction of sp³-hybridized carbons (Fsp3) is 0.545. The van der Waals surface area contributed by atoms with Crippen LogP contribution in [0.4, 0.5) is 4.79 Å². The average molecular weight is 295 g/mol. The number of hydrogen-bond acceptors (Lipinski definition) is 6. The quantitative estimate of drug-likeness (QED) is 0.256. The van der Waals surface area contributed by atoms with Gasteiger partial charge in [-0.1, -0.05) is 18.6 Å². The largest absolute Gasteiger partial charge is 0.326 e. The molecule has 0 bridgehead atoms. The van der Waals surface area contributed by atoms with E-state index in [0.29, 0.717) is 6.42 Å². The van der Waals surface area contributed by atoms with Crippen molar-refractivity contribution in [1.29, 1.82) is 0 Å². The van der Waals surface area contributed by atoms with E-state index in [-0.39, 0.29) is 24.7 Å². The SMILES string of the molecule is CCCC1NC(=O)N(CCn2cc(C(=O)NN)nn2)C1=O. The first-order valence-electron chi connectivity index (χ1n) is 6.59. The number of rotatable bonds is 6. The van der Waals surface area contributed by atoms with Gasteiger partial charge in [-0.15, -0.1) is 5.10 Å². The molecule has 10 heteroatoms. The maximum atomic E-state index is 12.0. The number of aromatic nitrogens is 3. The van der Waals surface area contributed by atoms with Crippen LogP contribution in [0.15, 0.2) is 6.20 Å². The minimum atomic E-state index is -0.556. The molecule has 0 spiro atoms. The molecule has 1 aliphatic heterocycles. The van der Waals surface area contributed by atoms with Crippen molar-refractivity contribution < 1.29 is 14.4 Å². The number of carbonyl (C=O) groups excluding carboxylic acids is 3. The molecule has 21 heavy (non-hydrogen) atoms. The van der Waals surface area contributed by atoms with Crippen molar-refractivity contribution in [2.24, 2.45) is 5.84 Å².